The Morgan fingerprint density at radius 1 is 1.47 bits per heavy atom. The molecule has 0 aliphatic rings. The first-order valence-corrected chi connectivity index (χ1v) is 7.38. The first kappa shape index (κ1) is 14.3. The van der Waals surface area contributed by atoms with Crippen LogP contribution in [0.2, 0.25) is 0 Å². The molecule has 2 rings (SSSR count). The van der Waals surface area contributed by atoms with Gasteiger partial charge in [0.2, 0.25) is 0 Å². The summed E-state index contributed by atoms with van der Waals surface area (Å²) >= 11 is 3.60. The average Bonchev–Trinajstić information content (AvgIpc) is 2.90. The summed E-state index contributed by atoms with van der Waals surface area (Å²) < 4.78 is 5.20. The molecule has 4 nitrogen and oxygen atoms in total. The predicted octanol–water partition coefficient (Wildman–Crippen LogP) is 2.62. The summed E-state index contributed by atoms with van der Waals surface area (Å²) in [6.07, 6.45) is 6.23. The lowest BCUT2D eigenvalue weighted by molar-refractivity contribution is 0.640. The van der Waals surface area contributed by atoms with Gasteiger partial charge in [-0.05, 0) is 47.3 Å². The van der Waals surface area contributed by atoms with Gasteiger partial charge in [-0.1, -0.05) is 6.92 Å². The van der Waals surface area contributed by atoms with Crippen LogP contribution in [0.3, 0.4) is 0 Å². The van der Waals surface area contributed by atoms with Crippen molar-refractivity contribution in [3.05, 3.63) is 39.9 Å². The lowest BCUT2D eigenvalue weighted by atomic mass is 10.1. The van der Waals surface area contributed by atoms with Crippen LogP contribution >= 0.6 is 15.9 Å². The van der Waals surface area contributed by atoms with Crippen LogP contribution in [0.15, 0.2) is 22.9 Å². The number of aryl methyl sites for hydroxylation is 2. The molecule has 2 aromatic rings. The fourth-order valence-electron chi connectivity index (χ4n) is 2.18. The second-order valence-electron chi connectivity index (χ2n) is 5.03. The van der Waals surface area contributed by atoms with Crippen molar-refractivity contribution in [3.8, 4) is 0 Å². The van der Waals surface area contributed by atoms with Crippen molar-refractivity contribution in [2.75, 3.05) is 0 Å². The van der Waals surface area contributed by atoms with Crippen molar-refractivity contribution in [1.82, 2.24) is 14.3 Å². The third kappa shape index (κ3) is 3.28. The van der Waals surface area contributed by atoms with Crippen LogP contribution in [-0.4, -0.2) is 20.4 Å². The van der Waals surface area contributed by atoms with E-state index in [9.17, 15) is 0 Å². The molecule has 0 amide bonds. The normalized spacial score (nSPS) is 12.9. The van der Waals surface area contributed by atoms with Gasteiger partial charge in [-0.2, -0.15) is 5.10 Å². The maximum Gasteiger partial charge on any atom is 0.0739 e. The standard InChI is InChI=1S/C14H21BrN4/c1-4-12(16)7-11-5-6-19(8-11)9-13-14(15)10(2)17-18(13)3/h5-6,8,12H,4,7,9,16H2,1-3H3. The number of nitrogens with two attached hydrogens (primary N) is 1. The highest BCUT2D eigenvalue weighted by atomic mass is 79.9. The Hall–Kier alpha value is -1.07. The minimum absolute atomic E-state index is 0.251. The summed E-state index contributed by atoms with van der Waals surface area (Å²) in [4.78, 5) is 0. The number of rotatable bonds is 5. The van der Waals surface area contributed by atoms with Gasteiger partial charge in [0.25, 0.3) is 0 Å². The Bertz CT molecular complexity index is 556. The highest BCUT2D eigenvalue weighted by Crippen LogP contribution is 2.21. The highest BCUT2D eigenvalue weighted by Gasteiger charge is 2.11. The van der Waals surface area contributed by atoms with E-state index in [0.717, 1.165) is 29.6 Å². The van der Waals surface area contributed by atoms with Crippen LogP contribution < -0.4 is 5.73 Å². The van der Waals surface area contributed by atoms with E-state index in [4.69, 9.17) is 5.73 Å². The maximum atomic E-state index is 5.99. The van der Waals surface area contributed by atoms with Gasteiger partial charge in [-0.15, -0.1) is 0 Å². The van der Waals surface area contributed by atoms with E-state index in [1.54, 1.807) is 0 Å². The third-order valence-corrected chi connectivity index (χ3v) is 4.46. The fourth-order valence-corrected chi connectivity index (χ4v) is 2.64. The SMILES string of the molecule is CCC(N)Cc1ccn(Cc2c(Br)c(C)nn2C)c1. The van der Waals surface area contributed by atoms with E-state index >= 15 is 0 Å². The number of aromatic nitrogens is 3. The molecule has 0 aliphatic heterocycles. The zero-order valence-electron chi connectivity index (χ0n) is 11.7. The molecular formula is C14H21BrN4. The summed E-state index contributed by atoms with van der Waals surface area (Å²) in [5.41, 5.74) is 9.49. The smallest absolute Gasteiger partial charge is 0.0739 e. The predicted molar refractivity (Wildman–Crippen MR) is 81.1 cm³/mol. The molecule has 0 bridgehead atoms. The van der Waals surface area contributed by atoms with E-state index in [1.165, 1.54) is 11.3 Å². The van der Waals surface area contributed by atoms with Crippen LogP contribution in [0.1, 0.15) is 30.3 Å². The van der Waals surface area contributed by atoms with Crippen LogP contribution in [0.4, 0.5) is 0 Å². The maximum absolute atomic E-state index is 5.99. The zero-order chi connectivity index (χ0) is 14.0. The minimum Gasteiger partial charge on any atom is -0.348 e. The molecular weight excluding hydrogens is 304 g/mol. The fraction of sp³-hybridized carbons (Fsp3) is 0.500. The summed E-state index contributed by atoms with van der Waals surface area (Å²) in [7, 11) is 1.98. The van der Waals surface area contributed by atoms with Crippen molar-refractivity contribution in [3.63, 3.8) is 0 Å². The van der Waals surface area contributed by atoms with Gasteiger partial charge in [0.05, 0.1) is 22.4 Å². The zero-order valence-corrected chi connectivity index (χ0v) is 13.3. The summed E-state index contributed by atoms with van der Waals surface area (Å²) in [5.74, 6) is 0. The quantitative estimate of drug-likeness (QED) is 0.919. The third-order valence-electron chi connectivity index (χ3n) is 3.43. The molecule has 2 aromatic heterocycles. The number of halogens is 1. The van der Waals surface area contributed by atoms with Gasteiger partial charge in [0, 0.05) is 25.5 Å². The van der Waals surface area contributed by atoms with Crippen LogP contribution in [-0.2, 0) is 20.0 Å². The minimum atomic E-state index is 0.251. The molecule has 0 saturated heterocycles. The van der Waals surface area contributed by atoms with Gasteiger partial charge in [-0.3, -0.25) is 4.68 Å². The molecule has 0 spiro atoms. The molecule has 2 heterocycles. The molecule has 0 fully saturated rings. The van der Waals surface area contributed by atoms with Gasteiger partial charge in [0.1, 0.15) is 0 Å². The topological polar surface area (TPSA) is 48.8 Å². The molecule has 0 aliphatic carbocycles. The summed E-state index contributed by atoms with van der Waals surface area (Å²) in [5, 5.41) is 4.41. The Balaban J connectivity index is 2.11. The van der Waals surface area contributed by atoms with Gasteiger partial charge in [0.15, 0.2) is 0 Å². The van der Waals surface area contributed by atoms with Gasteiger partial charge >= 0.3 is 0 Å². The molecule has 1 unspecified atom stereocenters. The highest BCUT2D eigenvalue weighted by molar-refractivity contribution is 9.10. The van der Waals surface area contributed by atoms with Crippen molar-refractivity contribution >= 4 is 15.9 Å². The van der Waals surface area contributed by atoms with Crippen LogP contribution in [0, 0.1) is 6.92 Å². The van der Waals surface area contributed by atoms with Crippen molar-refractivity contribution in [2.45, 2.75) is 39.3 Å². The van der Waals surface area contributed by atoms with Crippen molar-refractivity contribution in [2.24, 2.45) is 12.8 Å². The molecule has 5 heteroatoms. The monoisotopic (exact) mass is 324 g/mol. The van der Waals surface area contributed by atoms with Crippen molar-refractivity contribution in [1.29, 1.82) is 0 Å². The summed E-state index contributed by atoms with van der Waals surface area (Å²) in [6.45, 7) is 4.95. The lowest BCUT2D eigenvalue weighted by Crippen LogP contribution is -2.21. The lowest BCUT2D eigenvalue weighted by Gasteiger charge is -2.07. The number of hydrogen-bond acceptors (Lipinski definition) is 2. The molecule has 19 heavy (non-hydrogen) atoms. The Morgan fingerprint density at radius 2 is 2.21 bits per heavy atom. The molecule has 2 N–H and O–H groups in total. The van der Waals surface area contributed by atoms with Crippen LogP contribution in [0.5, 0.6) is 0 Å². The van der Waals surface area contributed by atoms with E-state index in [2.05, 4.69) is 51.0 Å². The summed E-state index contributed by atoms with van der Waals surface area (Å²) in [6, 6.07) is 2.40. The van der Waals surface area contributed by atoms with E-state index < -0.39 is 0 Å². The molecule has 0 aromatic carbocycles. The van der Waals surface area contributed by atoms with Gasteiger partial charge < -0.3 is 10.3 Å². The Kier molecular flexibility index (Phi) is 4.47. The molecule has 104 valence electrons. The second-order valence-corrected chi connectivity index (χ2v) is 5.83. The molecule has 1 atom stereocenters. The first-order chi connectivity index (χ1) is 9.01. The largest absolute Gasteiger partial charge is 0.348 e. The van der Waals surface area contributed by atoms with Crippen molar-refractivity contribution < 1.29 is 0 Å². The second kappa shape index (κ2) is 5.92. The Morgan fingerprint density at radius 3 is 2.79 bits per heavy atom. The molecule has 0 saturated carbocycles. The Labute approximate surface area is 122 Å². The van der Waals surface area contributed by atoms with Gasteiger partial charge in [-0.25, -0.2) is 0 Å². The van der Waals surface area contributed by atoms with Crippen LogP contribution in [0.25, 0.3) is 0 Å². The van der Waals surface area contributed by atoms with E-state index in [1.807, 2.05) is 18.7 Å². The first-order valence-electron chi connectivity index (χ1n) is 6.59. The van der Waals surface area contributed by atoms with E-state index in [-0.39, 0.29) is 6.04 Å². The molecule has 0 radical (unpaired) electrons. The number of hydrogen-bond donors (Lipinski definition) is 1. The van der Waals surface area contributed by atoms with E-state index in [0.29, 0.717) is 0 Å². The number of nitrogens with zero attached hydrogens (tertiary/aromatic N) is 3. The average molecular weight is 325 g/mol.